The van der Waals surface area contributed by atoms with Gasteiger partial charge in [0, 0.05) is 25.5 Å². The average molecular weight is 409 g/mol. The summed E-state index contributed by atoms with van der Waals surface area (Å²) >= 11 is 7.23. The minimum absolute atomic E-state index is 0.00326. The quantitative estimate of drug-likeness (QED) is 0.804. The molecule has 0 spiro atoms. The zero-order valence-electron chi connectivity index (χ0n) is 14.6. The summed E-state index contributed by atoms with van der Waals surface area (Å²) in [5, 5.41) is 13.4. The molecule has 4 atom stereocenters. The van der Waals surface area contributed by atoms with Crippen molar-refractivity contribution in [3.63, 3.8) is 0 Å². The first-order chi connectivity index (χ1) is 13.0. The van der Waals surface area contributed by atoms with Crippen LogP contribution in [0.4, 0.5) is 0 Å². The van der Waals surface area contributed by atoms with E-state index < -0.39 is 6.10 Å². The number of carbonyl (C=O) groups is 2. The summed E-state index contributed by atoms with van der Waals surface area (Å²) in [6.45, 7) is 1.48. The highest BCUT2D eigenvalue weighted by atomic mass is 35.5. The minimum atomic E-state index is -0.593. The number of halogens is 1. The third kappa shape index (κ3) is 4.02. The van der Waals surface area contributed by atoms with Gasteiger partial charge in [-0.2, -0.15) is 0 Å². The van der Waals surface area contributed by atoms with Crippen LogP contribution in [-0.2, 0) is 11.3 Å². The van der Waals surface area contributed by atoms with Gasteiger partial charge in [-0.3, -0.25) is 9.59 Å². The molecule has 2 aliphatic rings. The minimum Gasteiger partial charge on any atom is -0.391 e. The molecule has 0 aromatic carbocycles. The van der Waals surface area contributed by atoms with E-state index in [1.165, 1.54) is 11.3 Å². The first-order valence-corrected chi connectivity index (χ1v) is 10.2. The van der Waals surface area contributed by atoms with Gasteiger partial charge in [-0.1, -0.05) is 11.6 Å². The Hall–Kier alpha value is -1.90. The van der Waals surface area contributed by atoms with Crippen LogP contribution in [0.2, 0.25) is 4.34 Å². The van der Waals surface area contributed by atoms with Gasteiger partial charge in [-0.15, -0.1) is 11.3 Å². The molecule has 2 amide bonds. The first-order valence-electron chi connectivity index (χ1n) is 8.97. The predicted molar refractivity (Wildman–Crippen MR) is 102 cm³/mol. The lowest BCUT2D eigenvalue weighted by Gasteiger charge is -2.35. The van der Waals surface area contributed by atoms with E-state index in [1.54, 1.807) is 35.4 Å². The molecule has 2 aromatic heterocycles. The van der Waals surface area contributed by atoms with Gasteiger partial charge in [0.05, 0.1) is 27.7 Å². The van der Waals surface area contributed by atoms with Crippen molar-refractivity contribution in [3.05, 3.63) is 40.1 Å². The summed E-state index contributed by atoms with van der Waals surface area (Å²) in [5.41, 5.74) is 0. The summed E-state index contributed by atoms with van der Waals surface area (Å²) in [4.78, 5) is 31.3. The van der Waals surface area contributed by atoms with E-state index in [0.717, 1.165) is 0 Å². The molecular weight excluding hydrogens is 388 g/mol. The van der Waals surface area contributed by atoms with Gasteiger partial charge in [0.25, 0.3) is 5.91 Å². The van der Waals surface area contributed by atoms with Crippen LogP contribution in [0.25, 0.3) is 0 Å². The van der Waals surface area contributed by atoms with Crippen LogP contribution < -0.4 is 5.32 Å². The van der Waals surface area contributed by atoms with Gasteiger partial charge in [0.15, 0.2) is 0 Å². The third-order valence-electron chi connectivity index (χ3n) is 5.44. The molecule has 2 fully saturated rings. The monoisotopic (exact) mass is 408 g/mol. The molecule has 3 heterocycles. The zero-order chi connectivity index (χ0) is 19.0. The van der Waals surface area contributed by atoms with E-state index in [2.05, 4.69) is 10.3 Å². The van der Waals surface area contributed by atoms with Crippen molar-refractivity contribution < 1.29 is 14.7 Å². The maximum Gasteiger partial charge on any atom is 0.263 e. The largest absolute Gasteiger partial charge is 0.391 e. The maximum absolute atomic E-state index is 12.7. The van der Waals surface area contributed by atoms with E-state index in [-0.39, 0.29) is 36.2 Å². The summed E-state index contributed by atoms with van der Waals surface area (Å²) in [7, 11) is 0. The number of thiophene rings is 1. The fraction of sp³-hybridized carbons (Fsp3) is 0.500. The molecule has 27 heavy (non-hydrogen) atoms. The molecular formula is C18H21ClN4O3S. The number of aromatic nitrogens is 2. The number of amides is 2. The number of aliphatic hydroxyl groups is 1. The van der Waals surface area contributed by atoms with Crippen LogP contribution in [-0.4, -0.2) is 56.6 Å². The molecule has 0 radical (unpaired) electrons. The highest BCUT2D eigenvalue weighted by Gasteiger charge is 2.43. The molecule has 2 aromatic rings. The van der Waals surface area contributed by atoms with Crippen molar-refractivity contribution >= 4 is 34.8 Å². The molecule has 0 unspecified atom stereocenters. The van der Waals surface area contributed by atoms with E-state index in [9.17, 15) is 14.7 Å². The molecule has 0 bridgehead atoms. The Kier molecular flexibility index (Phi) is 5.21. The number of likely N-dealkylation sites (tertiary alicyclic amines) is 1. The van der Waals surface area contributed by atoms with Crippen LogP contribution in [0.15, 0.2) is 30.9 Å². The Morgan fingerprint density at radius 1 is 1.30 bits per heavy atom. The van der Waals surface area contributed by atoms with Gasteiger partial charge in [0.1, 0.15) is 6.54 Å². The third-order valence-corrected chi connectivity index (χ3v) is 6.66. The number of hydrogen-bond donors (Lipinski definition) is 2. The number of aliphatic hydroxyl groups excluding tert-OH is 1. The Bertz CT molecular complexity index is 824. The van der Waals surface area contributed by atoms with E-state index >= 15 is 0 Å². The number of nitrogens with one attached hydrogen (secondary N) is 1. The van der Waals surface area contributed by atoms with Crippen molar-refractivity contribution in [2.75, 3.05) is 13.1 Å². The summed E-state index contributed by atoms with van der Waals surface area (Å²) < 4.78 is 2.29. The molecule has 1 saturated carbocycles. The normalized spacial score (nSPS) is 27.4. The maximum atomic E-state index is 12.7. The SMILES string of the molecule is O=C(Cn1ccnc1)N[C@H]1C[C@H]2CN(C(=O)c3ccc(Cl)s3)C[C@H]2C[C@@H]1O. The molecule has 7 nitrogen and oxygen atoms in total. The van der Waals surface area contributed by atoms with Gasteiger partial charge in [-0.25, -0.2) is 4.98 Å². The smallest absolute Gasteiger partial charge is 0.263 e. The van der Waals surface area contributed by atoms with Crippen molar-refractivity contribution in [1.82, 2.24) is 19.8 Å². The average Bonchev–Trinajstić information content (AvgIpc) is 3.35. The van der Waals surface area contributed by atoms with Crippen LogP contribution >= 0.6 is 22.9 Å². The van der Waals surface area contributed by atoms with Crippen molar-refractivity contribution in [3.8, 4) is 0 Å². The molecule has 4 rings (SSSR count). The number of carbonyl (C=O) groups excluding carboxylic acids is 2. The summed E-state index contributed by atoms with van der Waals surface area (Å²) in [6, 6.07) is 3.21. The highest BCUT2D eigenvalue weighted by molar-refractivity contribution is 7.17. The van der Waals surface area contributed by atoms with Gasteiger partial charge in [-0.05, 0) is 36.8 Å². The van der Waals surface area contributed by atoms with Crippen LogP contribution in [0, 0.1) is 11.8 Å². The van der Waals surface area contributed by atoms with Crippen molar-refractivity contribution in [1.29, 1.82) is 0 Å². The molecule has 2 N–H and O–H groups in total. The Morgan fingerprint density at radius 3 is 2.74 bits per heavy atom. The predicted octanol–water partition coefficient (Wildman–Crippen LogP) is 1.63. The Labute approximate surface area is 166 Å². The van der Waals surface area contributed by atoms with E-state index in [1.807, 2.05) is 4.90 Å². The van der Waals surface area contributed by atoms with Crippen LogP contribution in [0.3, 0.4) is 0 Å². The first kappa shape index (κ1) is 18.5. The van der Waals surface area contributed by atoms with Crippen LogP contribution in [0.1, 0.15) is 22.5 Å². The fourth-order valence-electron chi connectivity index (χ4n) is 4.14. The molecule has 144 valence electrons. The number of fused-ring (bicyclic) bond motifs is 1. The Balaban J connectivity index is 1.35. The van der Waals surface area contributed by atoms with E-state index in [4.69, 9.17) is 11.6 Å². The number of nitrogens with zero attached hydrogens (tertiary/aromatic N) is 3. The molecule has 1 saturated heterocycles. The molecule has 1 aliphatic carbocycles. The lowest BCUT2D eigenvalue weighted by Crippen LogP contribution is -2.50. The Morgan fingerprint density at radius 2 is 2.07 bits per heavy atom. The fourth-order valence-corrected chi connectivity index (χ4v) is 5.15. The molecule has 9 heteroatoms. The lowest BCUT2D eigenvalue weighted by molar-refractivity contribution is -0.124. The second-order valence-electron chi connectivity index (χ2n) is 7.28. The second-order valence-corrected chi connectivity index (χ2v) is 9.00. The highest BCUT2D eigenvalue weighted by Crippen LogP contribution is 2.37. The molecule has 1 aliphatic heterocycles. The van der Waals surface area contributed by atoms with Crippen molar-refractivity contribution in [2.24, 2.45) is 11.8 Å². The van der Waals surface area contributed by atoms with Gasteiger partial charge in [0.2, 0.25) is 5.91 Å². The lowest BCUT2D eigenvalue weighted by atomic mass is 9.77. The van der Waals surface area contributed by atoms with Crippen molar-refractivity contribution in [2.45, 2.75) is 31.5 Å². The van der Waals surface area contributed by atoms with Crippen LogP contribution in [0.5, 0.6) is 0 Å². The zero-order valence-corrected chi connectivity index (χ0v) is 16.2. The summed E-state index contributed by atoms with van der Waals surface area (Å²) in [6.07, 6.45) is 5.61. The number of imidazole rings is 1. The second kappa shape index (κ2) is 7.61. The van der Waals surface area contributed by atoms with Gasteiger partial charge >= 0.3 is 0 Å². The number of rotatable bonds is 4. The summed E-state index contributed by atoms with van der Waals surface area (Å²) in [5.74, 6) is 0.402. The number of hydrogen-bond acceptors (Lipinski definition) is 5. The standard InChI is InChI=1S/C18H21ClN4O3S/c19-16-2-1-15(27-16)18(26)23-7-11-5-13(14(24)6-12(11)8-23)21-17(25)9-22-4-3-20-10-22/h1-4,10-14,24H,5-9H2,(H,21,25)/t11-,12+,13-,14-/m0/s1. The van der Waals surface area contributed by atoms with E-state index in [0.29, 0.717) is 35.1 Å². The van der Waals surface area contributed by atoms with Gasteiger partial charge < -0.3 is 19.9 Å². The topological polar surface area (TPSA) is 87.5 Å².